The molecule has 0 aromatic rings. The lowest BCUT2D eigenvalue weighted by atomic mass is 10.2. The minimum Gasteiger partial charge on any atom is -0.396 e. The Kier molecular flexibility index (Phi) is 2.52. The summed E-state index contributed by atoms with van der Waals surface area (Å²) < 4.78 is 0. The van der Waals surface area contributed by atoms with Crippen molar-refractivity contribution in [2.45, 2.75) is 25.3 Å². The van der Waals surface area contributed by atoms with Crippen LogP contribution < -0.4 is 0 Å². The summed E-state index contributed by atoms with van der Waals surface area (Å²) in [6.45, 7) is 1.07. The first-order chi connectivity index (χ1) is 4.88. The largest absolute Gasteiger partial charge is 0.396 e. The summed E-state index contributed by atoms with van der Waals surface area (Å²) >= 11 is 0. The predicted octanol–water partition coefficient (Wildman–Crippen LogP) is 0.314. The third kappa shape index (κ3) is 1.39. The van der Waals surface area contributed by atoms with Crippen molar-refractivity contribution in [3.8, 4) is 6.19 Å². The fourth-order valence-corrected chi connectivity index (χ4v) is 1.42. The van der Waals surface area contributed by atoms with Gasteiger partial charge in [0.2, 0.25) is 0 Å². The molecule has 0 saturated carbocycles. The van der Waals surface area contributed by atoms with E-state index < -0.39 is 0 Å². The van der Waals surface area contributed by atoms with Crippen LogP contribution in [0.3, 0.4) is 0 Å². The number of likely N-dealkylation sites (tertiary alicyclic amines) is 1. The molecular formula is C7H12N2O. The molecule has 1 unspecified atom stereocenters. The van der Waals surface area contributed by atoms with Gasteiger partial charge in [-0.25, -0.2) is 0 Å². The minimum atomic E-state index is 0.197. The van der Waals surface area contributed by atoms with Gasteiger partial charge in [-0.15, -0.1) is 0 Å². The van der Waals surface area contributed by atoms with Crippen LogP contribution >= 0.6 is 0 Å². The zero-order chi connectivity index (χ0) is 7.40. The molecule has 0 aromatic heterocycles. The van der Waals surface area contributed by atoms with E-state index >= 15 is 0 Å². The van der Waals surface area contributed by atoms with Gasteiger partial charge in [-0.1, -0.05) is 0 Å². The highest BCUT2D eigenvalue weighted by Gasteiger charge is 2.21. The first-order valence-corrected chi connectivity index (χ1v) is 3.65. The lowest BCUT2D eigenvalue weighted by Crippen LogP contribution is -2.24. The van der Waals surface area contributed by atoms with Crippen molar-refractivity contribution in [1.82, 2.24) is 4.90 Å². The van der Waals surface area contributed by atoms with Crippen LogP contribution in [0.2, 0.25) is 0 Å². The molecule has 0 aromatic carbocycles. The zero-order valence-electron chi connectivity index (χ0n) is 5.95. The Morgan fingerprint density at radius 3 is 3.10 bits per heavy atom. The summed E-state index contributed by atoms with van der Waals surface area (Å²) in [5, 5.41) is 17.2. The summed E-state index contributed by atoms with van der Waals surface area (Å²) in [5.41, 5.74) is 0. The molecule has 0 bridgehead atoms. The lowest BCUT2D eigenvalue weighted by molar-refractivity contribution is 0.237. The summed E-state index contributed by atoms with van der Waals surface area (Å²) in [4.78, 5) is 1.76. The molecule has 1 aliphatic rings. The van der Waals surface area contributed by atoms with Crippen molar-refractivity contribution in [3.05, 3.63) is 0 Å². The van der Waals surface area contributed by atoms with Gasteiger partial charge in [0, 0.05) is 19.2 Å². The molecule has 1 rings (SSSR count). The topological polar surface area (TPSA) is 47.3 Å². The van der Waals surface area contributed by atoms with Crippen LogP contribution in [0.4, 0.5) is 0 Å². The molecule has 1 saturated heterocycles. The van der Waals surface area contributed by atoms with Crippen molar-refractivity contribution in [2.24, 2.45) is 0 Å². The lowest BCUT2D eigenvalue weighted by Gasteiger charge is -2.16. The average molecular weight is 140 g/mol. The van der Waals surface area contributed by atoms with E-state index in [9.17, 15) is 0 Å². The Balaban J connectivity index is 2.36. The van der Waals surface area contributed by atoms with Gasteiger partial charge >= 0.3 is 0 Å². The van der Waals surface area contributed by atoms with Gasteiger partial charge in [0.05, 0.1) is 0 Å². The molecule has 0 amide bonds. The summed E-state index contributed by atoms with van der Waals surface area (Å²) in [5.74, 6) is 0. The van der Waals surface area contributed by atoms with Crippen molar-refractivity contribution < 1.29 is 5.11 Å². The molecule has 0 aliphatic carbocycles. The highest BCUT2D eigenvalue weighted by atomic mass is 16.3. The van der Waals surface area contributed by atoms with Crippen LogP contribution in [0.15, 0.2) is 0 Å². The van der Waals surface area contributed by atoms with Crippen LogP contribution in [0, 0.1) is 11.5 Å². The molecule has 0 radical (unpaired) electrons. The quantitative estimate of drug-likeness (QED) is 0.562. The number of aliphatic hydroxyl groups is 1. The second kappa shape index (κ2) is 3.43. The van der Waals surface area contributed by atoms with Crippen LogP contribution in [0.1, 0.15) is 19.3 Å². The van der Waals surface area contributed by atoms with Gasteiger partial charge in [0.25, 0.3) is 0 Å². The summed E-state index contributed by atoms with van der Waals surface area (Å²) in [6.07, 6.45) is 5.02. The summed E-state index contributed by atoms with van der Waals surface area (Å²) in [6, 6.07) is 0.315. The van der Waals surface area contributed by atoms with Crippen molar-refractivity contribution in [1.29, 1.82) is 5.26 Å². The Morgan fingerprint density at radius 1 is 1.70 bits per heavy atom. The normalized spacial score (nSPS) is 24.8. The van der Waals surface area contributed by atoms with Gasteiger partial charge in [0.1, 0.15) is 0 Å². The van der Waals surface area contributed by atoms with E-state index in [1.807, 2.05) is 0 Å². The Bertz CT molecular complexity index is 141. The third-order valence-corrected chi connectivity index (χ3v) is 1.97. The monoisotopic (exact) mass is 140 g/mol. The number of nitriles is 1. The molecule has 1 fully saturated rings. The first kappa shape index (κ1) is 7.36. The highest BCUT2D eigenvalue weighted by molar-refractivity contribution is 4.87. The Morgan fingerprint density at radius 2 is 2.50 bits per heavy atom. The minimum absolute atomic E-state index is 0.197. The number of aliphatic hydroxyl groups excluding tert-OH is 1. The smallest absolute Gasteiger partial charge is 0.179 e. The second-order valence-electron chi connectivity index (χ2n) is 2.60. The third-order valence-electron chi connectivity index (χ3n) is 1.97. The SMILES string of the molecule is N#CN1CCCC1CCO. The highest BCUT2D eigenvalue weighted by Crippen LogP contribution is 2.17. The van der Waals surface area contributed by atoms with Gasteiger partial charge in [-0.05, 0) is 19.3 Å². The maximum atomic E-state index is 8.60. The molecular weight excluding hydrogens is 128 g/mol. The second-order valence-corrected chi connectivity index (χ2v) is 2.60. The van der Waals surface area contributed by atoms with Gasteiger partial charge in [-0.2, -0.15) is 5.26 Å². The standard InChI is InChI=1S/C7H12N2O/c8-6-9-4-1-2-7(9)3-5-10/h7,10H,1-5H2. The number of hydrogen-bond acceptors (Lipinski definition) is 3. The van der Waals surface area contributed by atoms with Crippen molar-refractivity contribution in [2.75, 3.05) is 13.2 Å². The van der Waals surface area contributed by atoms with Crippen molar-refractivity contribution in [3.63, 3.8) is 0 Å². The fraction of sp³-hybridized carbons (Fsp3) is 0.857. The zero-order valence-corrected chi connectivity index (χ0v) is 5.95. The van der Waals surface area contributed by atoms with Gasteiger partial charge in [0.15, 0.2) is 6.19 Å². The van der Waals surface area contributed by atoms with E-state index in [0.29, 0.717) is 6.04 Å². The van der Waals surface area contributed by atoms with Crippen LogP contribution in [0.5, 0.6) is 0 Å². The maximum Gasteiger partial charge on any atom is 0.179 e. The predicted molar refractivity (Wildman–Crippen MR) is 37.0 cm³/mol. The average Bonchev–Trinajstić information content (AvgIpc) is 2.36. The van der Waals surface area contributed by atoms with E-state index in [1.54, 1.807) is 4.90 Å². The van der Waals surface area contributed by atoms with Crippen LogP contribution in [-0.2, 0) is 0 Å². The maximum absolute atomic E-state index is 8.60. The van der Waals surface area contributed by atoms with Gasteiger partial charge < -0.3 is 10.0 Å². The Hall–Kier alpha value is -0.750. The molecule has 1 atom stereocenters. The molecule has 0 spiro atoms. The molecule has 10 heavy (non-hydrogen) atoms. The Labute approximate surface area is 60.9 Å². The first-order valence-electron chi connectivity index (χ1n) is 3.65. The molecule has 1 aliphatic heterocycles. The summed E-state index contributed by atoms with van der Waals surface area (Å²) in [7, 11) is 0. The van der Waals surface area contributed by atoms with Crippen molar-refractivity contribution >= 4 is 0 Å². The van der Waals surface area contributed by atoms with E-state index in [4.69, 9.17) is 10.4 Å². The fourth-order valence-electron chi connectivity index (χ4n) is 1.42. The molecule has 1 heterocycles. The van der Waals surface area contributed by atoms with E-state index in [1.165, 1.54) is 0 Å². The molecule has 1 N–H and O–H groups in total. The number of hydrogen-bond donors (Lipinski definition) is 1. The van der Waals surface area contributed by atoms with E-state index in [-0.39, 0.29) is 6.61 Å². The van der Waals surface area contributed by atoms with Crippen LogP contribution in [0.25, 0.3) is 0 Å². The van der Waals surface area contributed by atoms with Gasteiger partial charge in [-0.3, -0.25) is 0 Å². The molecule has 3 heteroatoms. The molecule has 3 nitrogen and oxygen atoms in total. The molecule has 56 valence electrons. The van der Waals surface area contributed by atoms with Crippen LogP contribution in [-0.4, -0.2) is 29.2 Å². The number of nitrogens with zero attached hydrogens (tertiary/aromatic N) is 2. The van der Waals surface area contributed by atoms with E-state index in [0.717, 1.165) is 25.8 Å². The number of rotatable bonds is 2. The van der Waals surface area contributed by atoms with E-state index in [2.05, 4.69) is 6.19 Å².